The molecule has 13 heavy (non-hydrogen) atoms. The Kier molecular flexibility index (Phi) is 3.94. The summed E-state index contributed by atoms with van der Waals surface area (Å²) in [6.45, 7) is 3.93. The second kappa shape index (κ2) is 4.77. The minimum absolute atomic E-state index is 0.206. The Labute approximate surface area is 87.9 Å². The van der Waals surface area contributed by atoms with E-state index in [9.17, 15) is 0 Å². The SMILES string of the molecule is Cc1cc(Br)ccc1CC[C@@H](C)O. The van der Waals surface area contributed by atoms with Crippen LogP contribution in [0.2, 0.25) is 0 Å². The highest BCUT2D eigenvalue weighted by atomic mass is 79.9. The predicted molar refractivity (Wildman–Crippen MR) is 58.9 cm³/mol. The Morgan fingerprint density at radius 3 is 2.69 bits per heavy atom. The Bertz CT molecular complexity index is 281. The second-order valence-corrected chi connectivity index (χ2v) is 4.37. The number of rotatable bonds is 3. The molecule has 0 spiro atoms. The highest BCUT2D eigenvalue weighted by Crippen LogP contribution is 2.17. The van der Waals surface area contributed by atoms with Gasteiger partial charge in [0.25, 0.3) is 0 Å². The number of hydrogen-bond acceptors (Lipinski definition) is 1. The Hall–Kier alpha value is -0.340. The van der Waals surface area contributed by atoms with E-state index >= 15 is 0 Å². The number of benzene rings is 1. The first-order valence-electron chi connectivity index (χ1n) is 4.52. The zero-order chi connectivity index (χ0) is 9.84. The minimum atomic E-state index is -0.206. The molecule has 1 rings (SSSR count). The van der Waals surface area contributed by atoms with E-state index in [4.69, 9.17) is 5.11 Å². The van der Waals surface area contributed by atoms with Gasteiger partial charge in [0.15, 0.2) is 0 Å². The third-order valence-electron chi connectivity index (χ3n) is 2.14. The van der Waals surface area contributed by atoms with Crippen molar-refractivity contribution in [2.75, 3.05) is 0 Å². The Balaban J connectivity index is 2.67. The van der Waals surface area contributed by atoms with Crippen LogP contribution < -0.4 is 0 Å². The molecule has 0 aliphatic carbocycles. The van der Waals surface area contributed by atoms with Gasteiger partial charge in [-0.1, -0.05) is 22.0 Å². The quantitative estimate of drug-likeness (QED) is 0.864. The molecule has 72 valence electrons. The smallest absolute Gasteiger partial charge is 0.0515 e. The number of halogens is 1. The highest BCUT2D eigenvalue weighted by Gasteiger charge is 2.01. The third kappa shape index (κ3) is 3.49. The molecular formula is C11H15BrO. The number of hydrogen-bond donors (Lipinski definition) is 1. The molecule has 0 aromatic heterocycles. The average molecular weight is 243 g/mol. The van der Waals surface area contributed by atoms with Crippen molar-refractivity contribution in [1.29, 1.82) is 0 Å². The van der Waals surface area contributed by atoms with Gasteiger partial charge in [0.1, 0.15) is 0 Å². The van der Waals surface area contributed by atoms with Crippen molar-refractivity contribution in [2.45, 2.75) is 32.8 Å². The van der Waals surface area contributed by atoms with Crippen LogP contribution >= 0.6 is 15.9 Å². The summed E-state index contributed by atoms with van der Waals surface area (Å²) in [7, 11) is 0. The molecule has 0 bridgehead atoms. The maximum Gasteiger partial charge on any atom is 0.0515 e. The van der Waals surface area contributed by atoms with Crippen molar-refractivity contribution in [3.63, 3.8) is 0 Å². The summed E-state index contributed by atoms with van der Waals surface area (Å²) in [6.07, 6.45) is 1.59. The lowest BCUT2D eigenvalue weighted by molar-refractivity contribution is 0.185. The van der Waals surface area contributed by atoms with Gasteiger partial charge in [0.2, 0.25) is 0 Å². The van der Waals surface area contributed by atoms with Gasteiger partial charge in [-0.25, -0.2) is 0 Å². The van der Waals surface area contributed by atoms with Crippen LogP contribution in [-0.4, -0.2) is 11.2 Å². The van der Waals surface area contributed by atoms with Crippen LogP contribution in [0.25, 0.3) is 0 Å². The maximum absolute atomic E-state index is 9.15. The molecule has 1 N–H and O–H groups in total. The van der Waals surface area contributed by atoms with E-state index in [0.29, 0.717) is 0 Å². The number of aliphatic hydroxyl groups excluding tert-OH is 1. The third-order valence-corrected chi connectivity index (χ3v) is 2.63. The van der Waals surface area contributed by atoms with E-state index in [0.717, 1.165) is 17.3 Å². The first-order chi connectivity index (χ1) is 6.09. The molecule has 0 saturated carbocycles. The van der Waals surface area contributed by atoms with Crippen molar-refractivity contribution in [3.8, 4) is 0 Å². The minimum Gasteiger partial charge on any atom is -0.393 e. The summed E-state index contributed by atoms with van der Waals surface area (Å²) < 4.78 is 1.12. The van der Waals surface area contributed by atoms with Gasteiger partial charge in [0, 0.05) is 4.47 Å². The molecule has 0 amide bonds. The molecular weight excluding hydrogens is 228 g/mol. The normalized spacial score (nSPS) is 12.9. The van der Waals surface area contributed by atoms with Crippen molar-refractivity contribution in [3.05, 3.63) is 33.8 Å². The van der Waals surface area contributed by atoms with Crippen LogP contribution in [0.4, 0.5) is 0 Å². The molecule has 1 aromatic rings. The van der Waals surface area contributed by atoms with Crippen LogP contribution in [0.3, 0.4) is 0 Å². The van der Waals surface area contributed by atoms with Crippen LogP contribution in [0, 0.1) is 6.92 Å². The molecule has 1 atom stereocenters. The molecule has 0 unspecified atom stereocenters. The van der Waals surface area contributed by atoms with E-state index in [2.05, 4.69) is 35.0 Å². The molecule has 2 heteroatoms. The Morgan fingerprint density at radius 1 is 1.46 bits per heavy atom. The molecule has 1 aromatic carbocycles. The van der Waals surface area contributed by atoms with Crippen LogP contribution in [0.5, 0.6) is 0 Å². The predicted octanol–water partition coefficient (Wildman–Crippen LogP) is 3.07. The lowest BCUT2D eigenvalue weighted by Crippen LogP contribution is -2.02. The van der Waals surface area contributed by atoms with Crippen LogP contribution in [-0.2, 0) is 6.42 Å². The van der Waals surface area contributed by atoms with Crippen LogP contribution in [0.1, 0.15) is 24.5 Å². The molecule has 0 saturated heterocycles. The van der Waals surface area contributed by atoms with Crippen molar-refractivity contribution < 1.29 is 5.11 Å². The maximum atomic E-state index is 9.15. The molecule has 1 nitrogen and oxygen atoms in total. The fraction of sp³-hybridized carbons (Fsp3) is 0.455. The molecule has 0 aliphatic heterocycles. The molecule has 0 fully saturated rings. The zero-order valence-corrected chi connectivity index (χ0v) is 9.63. The van der Waals surface area contributed by atoms with E-state index in [-0.39, 0.29) is 6.10 Å². The standard InChI is InChI=1S/C11H15BrO/c1-8-7-11(12)6-5-10(8)4-3-9(2)13/h5-7,9,13H,3-4H2,1-2H3/t9-/m1/s1. The Morgan fingerprint density at radius 2 is 2.15 bits per heavy atom. The zero-order valence-electron chi connectivity index (χ0n) is 8.05. The van der Waals surface area contributed by atoms with Gasteiger partial charge in [-0.05, 0) is 49.9 Å². The summed E-state index contributed by atoms with van der Waals surface area (Å²) in [5.74, 6) is 0. The summed E-state index contributed by atoms with van der Waals surface area (Å²) in [6, 6.07) is 6.27. The molecule has 0 radical (unpaired) electrons. The van der Waals surface area contributed by atoms with Crippen LogP contribution in [0.15, 0.2) is 22.7 Å². The highest BCUT2D eigenvalue weighted by molar-refractivity contribution is 9.10. The lowest BCUT2D eigenvalue weighted by Gasteiger charge is -2.07. The van der Waals surface area contributed by atoms with Gasteiger partial charge in [-0.2, -0.15) is 0 Å². The topological polar surface area (TPSA) is 20.2 Å². The van der Waals surface area contributed by atoms with Crippen molar-refractivity contribution >= 4 is 15.9 Å². The number of aryl methyl sites for hydroxylation is 2. The molecule has 0 heterocycles. The fourth-order valence-corrected chi connectivity index (χ4v) is 1.78. The van der Waals surface area contributed by atoms with Crippen molar-refractivity contribution in [1.82, 2.24) is 0 Å². The van der Waals surface area contributed by atoms with E-state index < -0.39 is 0 Å². The molecule has 0 aliphatic rings. The average Bonchev–Trinajstić information content (AvgIpc) is 2.02. The summed E-state index contributed by atoms with van der Waals surface area (Å²) >= 11 is 3.43. The fourth-order valence-electron chi connectivity index (χ4n) is 1.30. The summed E-state index contributed by atoms with van der Waals surface area (Å²) in [4.78, 5) is 0. The van der Waals surface area contributed by atoms with Gasteiger partial charge in [-0.3, -0.25) is 0 Å². The van der Waals surface area contributed by atoms with E-state index in [1.54, 1.807) is 0 Å². The van der Waals surface area contributed by atoms with Crippen molar-refractivity contribution in [2.24, 2.45) is 0 Å². The van der Waals surface area contributed by atoms with Gasteiger partial charge in [0.05, 0.1) is 6.10 Å². The first kappa shape index (κ1) is 10.7. The lowest BCUT2D eigenvalue weighted by atomic mass is 10.0. The van der Waals surface area contributed by atoms with Gasteiger partial charge in [-0.15, -0.1) is 0 Å². The monoisotopic (exact) mass is 242 g/mol. The summed E-state index contributed by atoms with van der Waals surface area (Å²) in [5.41, 5.74) is 2.61. The second-order valence-electron chi connectivity index (χ2n) is 3.46. The van der Waals surface area contributed by atoms with E-state index in [1.807, 2.05) is 13.0 Å². The van der Waals surface area contributed by atoms with Gasteiger partial charge >= 0.3 is 0 Å². The number of aliphatic hydroxyl groups is 1. The largest absolute Gasteiger partial charge is 0.393 e. The van der Waals surface area contributed by atoms with E-state index in [1.165, 1.54) is 11.1 Å². The van der Waals surface area contributed by atoms with Gasteiger partial charge < -0.3 is 5.11 Å². The first-order valence-corrected chi connectivity index (χ1v) is 5.32. The summed E-state index contributed by atoms with van der Waals surface area (Å²) in [5, 5.41) is 9.15.